The van der Waals surface area contributed by atoms with E-state index in [1.54, 1.807) is 49.6 Å². The summed E-state index contributed by atoms with van der Waals surface area (Å²) in [5.41, 5.74) is 4.26. The Morgan fingerprint density at radius 2 is 1.88 bits per heavy atom. The number of carbonyl (C=O) groups is 1. The molecular formula is C28H26FN9OS. The van der Waals surface area contributed by atoms with E-state index in [0.29, 0.717) is 44.9 Å². The maximum atomic E-state index is 13.6. The Morgan fingerprint density at radius 1 is 1.02 bits per heavy atom. The number of aromatic nitrogens is 6. The van der Waals surface area contributed by atoms with Gasteiger partial charge in [0.2, 0.25) is 0 Å². The van der Waals surface area contributed by atoms with Gasteiger partial charge in [-0.2, -0.15) is 9.64 Å². The molecule has 0 aromatic carbocycles. The van der Waals surface area contributed by atoms with E-state index in [-0.39, 0.29) is 20.5 Å². The molecule has 0 spiro atoms. The summed E-state index contributed by atoms with van der Waals surface area (Å²) in [5, 5.41) is 15.0. The Hall–Kier alpha value is -5.15. The monoisotopic (exact) mass is 555 g/mol. The van der Waals surface area contributed by atoms with Gasteiger partial charge >= 0.3 is 0 Å². The van der Waals surface area contributed by atoms with Gasteiger partial charge in [-0.05, 0) is 62.1 Å². The Balaban J connectivity index is 0.00000242. The first kappa shape index (κ1) is 26.5. The van der Waals surface area contributed by atoms with E-state index in [0.717, 1.165) is 22.8 Å². The van der Waals surface area contributed by atoms with Crippen molar-refractivity contribution in [3.05, 3.63) is 94.4 Å². The van der Waals surface area contributed by atoms with Crippen LogP contribution in [0.5, 0.6) is 0 Å². The lowest BCUT2D eigenvalue weighted by molar-refractivity contribution is 0.0935. The number of hydrogen-bond donors (Lipinski definition) is 2. The average Bonchev–Trinajstić information content (AvgIpc) is 3.41. The summed E-state index contributed by atoms with van der Waals surface area (Å²) < 4.78 is 17.8. The highest BCUT2D eigenvalue weighted by atomic mass is 32.1. The van der Waals surface area contributed by atoms with Gasteiger partial charge in [-0.25, -0.2) is 14.4 Å². The van der Waals surface area contributed by atoms with Crippen LogP contribution in [0.2, 0.25) is 0 Å². The van der Waals surface area contributed by atoms with Crippen molar-refractivity contribution in [3.8, 4) is 28.7 Å². The molecule has 0 saturated heterocycles. The topological polar surface area (TPSA) is 142 Å². The fraction of sp³-hybridized carbons (Fsp3) is 0.143. The number of nitriles is 1. The Kier molecular flexibility index (Phi) is 7.48. The van der Waals surface area contributed by atoms with Crippen molar-refractivity contribution in [2.45, 2.75) is 26.8 Å². The van der Waals surface area contributed by atoms with Crippen LogP contribution in [0.1, 0.15) is 48.1 Å². The first-order valence-corrected chi connectivity index (χ1v) is 12.9. The highest BCUT2D eigenvalue weighted by Crippen LogP contribution is 2.24. The zero-order chi connectivity index (χ0) is 28.2. The molecule has 0 bridgehead atoms. The van der Waals surface area contributed by atoms with Crippen molar-refractivity contribution in [2.24, 2.45) is 0 Å². The van der Waals surface area contributed by atoms with Gasteiger partial charge in [0.05, 0.1) is 17.9 Å². The molecule has 2 N–H and O–H groups in total. The molecule has 0 aliphatic rings. The minimum atomic E-state index is -0.428. The van der Waals surface area contributed by atoms with Gasteiger partial charge < -0.3 is 10.6 Å². The zero-order valence-electron chi connectivity index (χ0n) is 21.7. The molecule has 0 fully saturated rings. The SMILES string of the molecule is Cc1cc(Nc2cc(C#N)sn2)nc(-c2ccc(C(=O)NC(C)c3ccc(-c4cc(F)cnc4C)nc3)nc2)n1.[HH].[HH]. The number of nitrogens with one attached hydrogen (secondary N) is 2. The molecular weight excluding hydrogens is 529 g/mol. The molecule has 5 heterocycles. The molecule has 1 amide bonds. The minimum absolute atomic E-state index is 0. The average molecular weight is 556 g/mol. The van der Waals surface area contributed by atoms with Crippen molar-refractivity contribution in [2.75, 3.05) is 5.32 Å². The summed E-state index contributed by atoms with van der Waals surface area (Å²) in [4.78, 5) is 35.1. The van der Waals surface area contributed by atoms with Gasteiger partial charge in [0.1, 0.15) is 34.1 Å². The lowest BCUT2D eigenvalue weighted by Crippen LogP contribution is -2.27. The molecule has 12 heteroatoms. The third-order valence-corrected chi connectivity index (χ3v) is 6.64. The number of hydrogen-bond acceptors (Lipinski definition) is 10. The highest BCUT2D eigenvalue weighted by molar-refractivity contribution is 7.06. The van der Waals surface area contributed by atoms with Crippen LogP contribution in [0.25, 0.3) is 22.6 Å². The maximum Gasteiger partial charge on any atom is 0.270 e. The number of amides is 1. The zero-order valence-corrected chi connectivity index (χ0v) is 22.5. The summed E-state index contributed by atoms with van der Waals surface area (Å²) in [5.74, 6) is 0.702. The first-order valence-electron chi connectivity index (χ1n) is 12.1. The van der Waals surface area contributed by atoms with E-state index in [9.17, 15) is 9.18 Å². The number of carbonyl (C=O) groups excluding carboxylic acids is 1. The standard InChI is InChI=1S/C28H22FN9OS.2H2/c1-15-8-25(36-26-10-21(11-30)40-38-26)37-27(34-15)19-5-7-24(33-13-19)28(39)35-16(2)18-4-6-23(32-12-18)22-9-20(29)14-31-17(22)3;;/h4-10,12-14,16H,1-3H3,(H,35,39)(H,34,36,37,38);2*1H. The fourth-order valence-corrected chi connectivity index (χ4v) is 4.38. The van der Waals surface area contributed by atoms with Gasteiger partial charge in [0.15, 0.2) is 5.82 Å². The molecule has 5 aromatic heterocycles. The molecule has 40 heavy (non-hydrogen) atoms. The summed E-state index contributed by atoms with van der Waals surface area (Å²) >= 11 is 1.10. The van der Waals surface area contributed by atoms with E-state index in [1.165, 1.54) is 12.3 Å². The van der Waals surface area contributed by atoms with E-state index in [2.05, 4.69) is 46.0 Å². The molecule has 1 atom stereocenters. The largest absolute Gasteiger partial charge is 0.344 e. The molecule has 10 nitrogen and oxygen atoms in total. The lowest BCUT2D eigenvalue weighted by Gasteiger charge is -2.14. The Labute approximate surface area is 236 Å². The minimum Gasteiger partial charge on any atom is -0.344 e. The number of rotatable bonds is 7. The molecule has 5 rings (SSSR count). The Morgan fingerprint density at radius 3 is 2.58 bits per heavy atom. The maximum absolute atomic E-state index is 13.6. The highest BCUT2D eigenvalue weighted by Gasteiger charge is 2.15. The van der Waals surface area contributed by atoms with Crippen LogP contribution in [-0.4, -0.2) is 35.2 Å². The van der Waals surface area contributed by atoms with Gasteiger partial charge in [-0.3, -0.25) is 19.7 Å². The fourth-order valence-electron chi connectivity index (χ4n) is 3.88. The Bertz CT molecular complexity index is 1740. The number of aryl methyl sites for hydroxylation is 2. The van der Waals surface area contributed by atoms with Crippen molar-refractivity contribution < 1.29 is 12.0 Å². The second-order valence-corrected chi connectivity index (χ2v) is 9.73. The van der Waals surface area contributed by atoms with Crippen LogP contribution in [0.15, 0.2) is 61.1 Å². The summed E-state index contributed by atoms with van der Waals surface area (Å²) in [6.07, 6.45) is 4.36. The van der Waals surface area contributed by atoms with E-state index in [4.69, 9.17) is 5.26 Å². The first-order chi connectivity index (χ1) is 19.3. The van der Waals surface area contributed by atoms with E-state index >= 15 is 0 Å². The smallest absolute Gasteiger partial charge is 0.270 e. The molecule has 1 unspecified atom stereocenters. The number of halogens is 1. The van der Waals surface area contributed by atoms with Gasteiger partial charge in [-0.15, -0.1) is 0 Å². The molecule has 0 saturated carbocycles. The molecule has 0 aliphatic heterocycles. The third kappa shape index (κ3) is 5.95. The quantitative estimate of drug-likeness (QED) is 0.254. The molecule has 202 valence electrons. The van der Waals surface area contributed by atoms with Gasteiger partial charge in [-0.1, -0.05) is 6.07 Å². The van der Waals surface area contributed by atoms with Crippen LogP contribution in [0, 0.1) is 31.0 Å². The van der Waals surface area contributed by atoms with E-state index in [1.807, 2.05) is 19.9 Å². The molecule has 0 radical (unpaired) electrons. The number of anilines is 2. The number of nitrogens with zero attached hydrogens (tertiary/aromatic N) is 7. The van der Waals surface area contributed by atoms with Crippen molar-refractivity contribution in [3.63, 3.8) is 0 Å². The second-order valence-electron chi connectivity index (χ2n) is 8.92. The van der Waals surface area contributed by atoms with Crippen molar-refractivity contribution in [1.82, 2.24) is 34.6 Å². The van der Waals surface area contributed by atoms with Crippen LogP contribution in [0.3, 0.4) is 0 Å². The summed E-state index contributed by atoms with van der Waals surface area (Å²) in [6, 6.07) is 13.5. The summed E-state index contributed by atoms with van der Waals surface area (Å²) in [7, 11) is 0. The lowest BCUT2D eigenvalue weighted by atomic mass is 10.1. The van der Waals surface area contributed by atoms with Crippen LogP contribution >= 0.6 is 11.5 Å². The van der Waals surface area contributed by atoms with Crippen LogP contribution in [-0.2, 0) is 0 Å². The predicted molar refractivity (Wildman–Crippen MR) is 152 cm³/mol. The normalized spacial score (nSPS) is 11.5. The van der Waals surface area contributed by atoms with Crippen molar-refractivity contribution >= 4 is 29.1 Å². The predicted octanol–water partition coefficient (Wildman–Crippen LogP) is 5.81. The van der Waals surface area contributed by atoms with Gasteiger partial charge in [0.25, 0.3) is 5.91 Å². The molecule has 5 aromatic rings. The number of pyridine rings is 3. The third-order valence-electron chi connectivity index (χ3n) is 5.95. The second kappa shape index (κ2) is 11.3. The summed E-state index contributed by atoms with van der Waals surface area (Å²) in [6.45, 7) is 5.47. The van der Waals surface area contributed by atoms with Crippen molar-refractivity contribution in [1.29, 1.82) is 5.26 Å². The van der Waals surface area contributed by atoms with Gasteiger partial charge in [0, 0.05) is 49.9 Å². The molecule has 0 aliphatic carbocycles. The van der Waals surface area contributed by atoms with Crippen LogP contribution in [0.4, 0.5) is 16.0 Å². The van der Waals surface area contributed by atoms with E-state index < -0.39 is 5.82 Å². The van der Waals surface area contributed by atoms with Crippen LogP contribution < -0.4 is 10.6 Å².